The van der Waals surface area contributed by atoms with Crippen LogP contribution >= 0.6 is 0 Å². The third-order valence-corrected chi connectivity index (χ3v) is 3.80. The summed E-state index contributed by atoms with van der Waals surface area (Å²) < 4.78 is 18.2. The Balaban J connectivity index is 1.89. The van der Waals surface area contributed by atoms with Gasteiger partial charge in [0.25, 0.3) is 17.5 Å². The second-order valence-electron chi connectivity index (χ2n) is 6.03. The van der Waals surface area contributed by atoms with E-state index in [2.05, 4.69) is 10.6 Å². The van der Waals surface area contributed by atoms with Gasteiger partial charge >= 0.3 is 11.7 Å². The number of amides is 2. The number of rotatable bonds is 8. The number of esters is 1. The number of anilines is 1. The minimum atomic E-state index is -1.34. The van der Waals surface area contributed by atoms with Crippen LogP contribution in [0.4, 0.5) is 21.5 Å². The molecule has 1 atom stereocenters. The molecule has 0 aromatic heterocycles. The molecular formula is C18H15FN4O8. The van der Waals surface area contributed by atoms with Crippen molar-refractivity contribution in [3.8, 4) is 0 Å². The summed E-state index contributed by atoms with van der Waals surface area (Å²) in [7, 11) is 0. The van der Waals surface area contributed by atoms with Gasteiger partial charge < -0.3 is 15.4 Å². The van der Waals surface area contributed by atoms with Crippen molar-refractivity contribution in [2.24, 2.45) is 0 Å². The largest absolute Gasteiger partial charge is 0.451 e. The van der Waals surface area contributed by atoms with Gasteiger partial charge in [-0.15, -0.1) is 0 Å². The third-order valence-electron chi connectivity index (χ3n) is 3.80. The van der Waals surface area contributed by atoms with Crippen molar-refractivity contribution in [3.05, 3.63) is 74.1 Å². The van der Waals surface area contributed by atoms with E-state index in [1.165, 1.54) is 25.1 Å². The van der Waals surface area contributed by atoms with E-state index in [4.69, 9.17) is 4.74 Å². The molecule has 13 heteroatoms. The van der Waals surface area contributed by atoms with Crippen LogP contribution in [0.2, 0.25) is 0 Å². The number of carbonyl (C=O) groups is 3. The maximum absolute atomic E-state index is 13.3. The topological polar surface area (TPSA) is 171 Å². The Hall–Kier alpha value is -4.42. The van der Waals surface area contributed by atoms with Crippen molar-refractivity contribution in [2.45, 2.75) is 13.0 Å². The first-order valence-corrected chi connectivity index (χ1v) is 8.55. The van der Waals surface area contributed by atoms with Crippen LogP contribution in [0.25, 0.3) is 0 Å². The number of hydrogen-bond donors (Lipinski definition) is 2. The molecule has 2 aromatic rings. The minimum Gasteiger partial charge on any atom is -0.451 e. The number of nitro groups is 2. The molecule has 0 saturated carbocycles. The number of halogens is 1. The molecule has 2 N–H and O–H groups in total. The molecule has 1 unspecified atom stereocenters. The van der Waals surface area contributed by atoms with Gasteiger partial charge in [-0.05, 0) is 25.1 Å². The second-order valence-corrected chi connectivity index (χ2v) is 6.03. The number of benzene rings is 2. The molecule has 0 bridgehead atoms. The third kappa shape index (κ3) is 6.28. The molecule has 2 rings (SSSR count). The van der Waals surface area contributed by atoms with Gasteiger partial charge in [-0.3, -0.25) is 34.6 Å². The number of non-ortho nitro benzene ring substituents is 1. The van der Waals surface area contributed by atoms with E-state index < -0.39 is 51.8 Å². The van der Waals surface area contributed by atoms with E-state index in [1.807, 2.05) is 0 Å². The summed E-state index contributed by atoms with van der Waals surface area (Å²) in [5.74, 6) is -3.68. The normalized spacial score (nSPS) is 11.2. The molecular weight excluding hydrogens is 419 g/mol. The van der Waals surface area contributed by atoms with E-state index in [-0.39, 0.29) is 16.9 Å². The average molecular weight is 434 g/mol. The van der Waals surface area contributed by atoms with Crippen LogP contribution in [0.5, 0.6) is 0 Å². The SMILES string of the molecule is CC(OC(=O)CNC(=O)c1cccc([N+](=O)[O-])c1)C(=O)Nc1ccc(F)c([N+](=O)[O-])c1. The lowest BCUT2D eigenvalue weighted by atomic mass is 10.2. The summed E-state index contributed by atoms with van der Waals surface area (Å²) in [4.78, 5) is 55.7. The Labute approximate surface area is 173 Å². The van der Waals surface area contributed by atoms with E-state index in [0.717, 1.165) is 24.3 Å². The van der Waals surface area contributed by atoms with E-state index in [1.54, 1.807) is 0 Å². The first-order chi connectivity index (χ1) is 14.6. The number of nitrogens with zero attached hydrogens (tertiary/aromatic N) is 2. The van der Waals surface area contributed by atoms with E-state index in [0.29, 0.717) is 0 Å². The van der Waals surface area contributed by atoms with Gasteiger partial charge in [0.15, 0.2) is 6.10 Å². The lowest BCUT2D eigenvalue weighted by molar-refractivity contribution is -0.387. The molecule has 0 spiro atoms. The molecule has 12 nitrogen and oxygen atoms in total. The number of nitrogens with one attached hydrogen (secondary N) is 2. The molecule has 31 heavy (non-hydrogen) atoms. The fraction of sp³-hybridized carbons (Fsp3) is 0.167. The van der Waals surface area contributed by atoms with Gasteiger partial charge in [0.05, 0.1) is 9.85 Å². The van der Waals surface area contributed by atoms with Gasteiger partial charge in [-0.25, -0.2) is 0 Å². The summed E-state index contributed by atoms with van der Waals surface area (Å²) in [5.41, 5.74) is -1.28. The molecule has 0 aliphatic heterocycles. The summed E-state index contributed by atoms with van der Waals surface area (Å²) in [6.45, 7) is 0.592. The fourth-order valence-corrected chi connectivity index (χ4v) is 2.28. The minimum absolute atomic E-state index is 0.0503. The molecule has 0 aliphatic carbocycles. The summed E-state index contributed by atoms with van der Waals surface area (Å²) in [5, 5.41) is 25.9. The number of ether oxygens (including phenoxy) is 1. The van der Waals surface area contributed by atoms with Gasteiger partial charge in [0, 0.05) is 29.4 Å². The van der Waals surface area contributed by atoms with E-state index in [9.17, 15) is 39.0 Å². The summed E-state index contributed by atoms with van der Waals surface area (Å²) in [6.07, 6.45) is -1.34. The smallest absolute Gasteiger partial charge is 0.326 e. The summed E-state index contributed by atoms with van der Waals surface area (Å²) >= 11 is 0. The van der Waals surface area contributed by atoms with Gasteiger partial charge in [0.1, 0.15) is 6.54 Å². The number of hydrogen-bond acceptors (Lipinski definition) is 8. The zero-order valence-corrected chi connectivity index (χ0v) is 15.9. The Kier molecular flexibility index (Phi) is 7.28. The van der Waals surface area contributed by atoms with Crippen LogP contribution in [0.15, 0.2) is 42.5 Å². The lowest BCUT2D eigenvalue weighted by Crippen LogP contribution is -2.35. The maximum Gasteiger partial charge on any atom is 0.326 e. The van der Waals surface area contributed by atoms with Gasteiger partial charge in [-0.2, -0.15) is 4.39 Å². The highest BCUT2D eigenvalue weighted by molar-refractivity contribution is 5.97. The van der Waals surface area contributed by atoms with Crippen molar-refractivity contribution in [1.29, 1.82) is 0 Å². The summed E-state index contributed by atoms with van der Waals surface area (Å²) in [6, 6.07) is 7.53. The molecule has 162 valence electrons. The molecule has 2 aromatic carbocycles. The van der Waals surface area contributed by atoms with Crippen molar-refractivity contribution in [3.63, 3.8) is 0 Å². The van der Waals surface area contributed by atoms with Crippen LogP contribution in [0.1, 0.15) is 17.3 Å². The average Bonchev–Trinajstić information content (AvgIpc) is 2.73. The van der Waals surface area contributed by atoms with Crippen LogP contribution in [0, 0.1) is 26.0 Å². The quantitative estimate of drug-likeness (QED) is 0.360. The Morgan fingerprint density at radius 3 is 2.45 bits per heavy atom. The Morgan fingerprint density at radius 1 is 1.10 bits per heavy atom. The van der Waals surface area contributed by atoms with Gasteiger partial charge in [-0.1, -0.05) is 6.07 Å². The predicted molar refractivity (Wildman–Crippen MR) is 103 cm³/mol. The predicted octanol–water partition coefficient (Wildman–Crippen LogP) is 1.94. The van der Waals surface area contributed by atoms with Crippen molar-refractivity contribution in [1.82, 2.24) is 5.32 Å². The number of nitro benzene ring substituents is 2. The highest BCUT2D eigenvalue weighted by atomic mass is 19.1. The molecule has 0 radical (unpaired) electrons. The lowest BCUT2D eigenvalue weighted by Gasteiger charge is -2.14. The van der Waals surface area contributed by atoms with Crippen LogP contribution in [0.3, 0.4) is 0 Å². The van der Waals surface area contributed by atoms with Crippen molar-refractivity contribution >= 4 is 34.8 Å². The Morgan fingerprint density at radius 2 is 1.81 bits per heavy atom. The monoisotopic (exact) mass is 434 g/mol. The van der Waals surface area contributed by atoms with Gasteiger partial charge in [0.2, 0.25) is 5.82 Å². The molecule has 0 heterocycles. The van der Waals surface area contributed by atoms with Crippen molar-refractivity contribution < 1.29 is 33.4 Å². The first kappa shape index (κ1) is 22.9. The first-order valence-electron chi connectivity index (χ1n) is 8.55. The second kappa shape index (κ2) is 9.87. The highest BCUT2D eigenvalue weighted by Crippen LogP contribution is 2.21. The fourth-order valence-electron chi connectivity index (χ4n) is 2.28. The number of carbonyl (C=O) groups excluding carboxylic acids is 3. The van der Waals surface area contributed by atoms with E-state index >= 15 is 0 Å². The standard InChI is InChI=1S/C18H15FN4O8/c1-10(17(25)21-12-5-6-14(19)15(8-12)23(29)30)31-16(24)9-20-18(26)11-3-2-4-13(7-11)22(27)28/h2-8,10H,9H2,1H3,(H,20,26)(H,21,25). The van der Waals surface area contributed by atoms with Crippen LogP contribution in [-0.4, -0.2) is 40.3 Å². The molecule has 0 fully saturated rings. The molecule has 0 aliphatic rings. The van der Waals surface area contributed by atoms with Crippen LogP contribution < -0.4 is 10.6 Å². The zero-order valence-electron chi connectivity index (χ0n) is 15.9. The van der Waals surface area contributed by atoms with Crippen molar-refractivity contribution in [2.75, 3.05) is 11.9 Å². The van der Waals surface area contributed by atoms with Crippen LogP contribution in [-0.2, 0) is 14.3 Å². The Bertz CT molecular complexity index is 1060. The highest BCUT2D eigenvalue weighted by Gasteiger charge is 2.21. The maximum atomic E-state index is 13.3. The zero-order chi connectivity index (χ0) is 23.1. The molecule has 0 saturated heterocycles. The molecule has 2 amide bonds.